The van der Waals surface area contributed by atoms with E-state index >= 15 is 0 Å². The summed E-state index contributed by atoms with van der Waals surface area (Å²) in [6.07, 6.45) is 0.476. The third-order valence-electron chi connectivity index (χ3n) is 6.01. The maximum Gasteiger partial charge on any atom is 0.246 e. The fourth-order valence-corrected chi connectivity index (χ4v) is 5.45. The molecule has 11 heteroatoms. The molecule has 3 aromatic rings. The minimum absolute atomic E-state index is 0.145. The summed E-state index contributed by atoms with van der Waals surface area (Å²) in [6, 6.07) is 12.5. The summed E-state index contributed by atoms with van der Waals surface area (Å²) in [5, 5.41) is 4.02. The van der Waals surface area contributed by atoms with Gasteiger partial charge in [0.25, 0.3) is 0 Å². The third kappa shape index (κ3) is 5.92. The Hall–Kier alpha value is -3.28. The Kier molecular flexibility index (Phi) is 8.02. The van der Waals surface area contributed by atoms with Gasteiger partial charge in [0.05, 0.1) is 31.8 Å². The first kappa shape index (κ1) is 25.8. The van der Waals surface area contributed by atoms with Crippen molar-refractivity contribution in [2.45, 2.75) is 31.2 Å². The van der Waals surface area contributed by atoms with Crippen LogP contribution in [0.4, 0.5) is 0 Å². The molecule has 0 atom stereocenters. The molecule has 10 nitrogen and oxygen atoms in total. The molecule has 2 heterocycles. The molecule has 2 aromatic carbocycles. The van der Waals surface area contributed by atoms with Crippen LogP contribution in [0.1, 0.15) is 23.4 Å². The van der Waals surface area contributed by atoms with Crippen LogP contribution < -0.4 is 4.74 Å². The minimum atomic E-state index is -3.65. The van der Waals surface area contributed by atoms with Crippen LogP contribution in [0, 0.1) is 6.92 Å². The minimum Gasteiger partial charge on any atom is -0.496 e. The van der Waals surface area contributed by atoms with Crippen LogP contribution in [0.2, 0.25) is 0 Å². The van der Waals surface area contributed by atoms with Gasteiger partial charge in [-0.2, -0.15) is 9.29 Å². The van der Waals surface area contributed by atoms with Crippen LogP contribution in [0.25, 0.3) is 11.4 Å². The molecule has 192 valence electrons. The van der Waals surface area contributed by atoms with E-state index in [-0.39, 0.29) is 23.8 Å². The summed E-state index contributed by atoms with van der Waals surface area (Å²) in [7, 11) is -0.473. The van der Waals surface area contributed by atoms with Gasteiger partial charge in [0.2, 0.25) is 27.6 Å². The number of aromatic nitrogens is 2. The zero-order valence-corrected chi connectivity index (χ0v) is 21.5. The van der Waals surface area contributed by atoms with Crippen molar-refractivity contribution in [3.8, 4) is 17.1 Å². The number of nitrogens with zero attached hydrogens (tertiary/aromatic N) is 4. The van der Waals surface area contributed by atoms with E-state index in [9.17, 15) is 13.2 Å². The van der Waals surface area contributed by atoms with Crippen molar-refractivity contribution in [3.05, 3.63) is 59.5 Å². The Morgan fingerprint density at radius 3 is 2.67 bits per heavy atom. The monoisotopic (exact) mass is 514 g/mol. The summed E-state index contributed by atoms with van der Waals surface area (Å²) < 4.78 is 43.5. The normalized spacial score (nSPS) is 14.5. The lowest BCUT2D eigenvalue weighted by atomic mass is 10.1. The van der Waals surface area contributed by atoms with Crippen molar-refractivity contribution >= 4 is 15.9 Å². The highest BCUT2D eigenvalue weighted by atomic mass is 32.2. The fourth-order valence-electron chi connectivity index (χ4n) is 3.99. The van der Waals surface area contributed by atoms with Gasteiger partial charge in [-0.25, -0.2) is 8.42 Å². The molecule has 0 spiro atoms. The Morgan fingerprint density at radius 2 is 1.94 bits per heavy atom. The van der Waals surface area contributed by atoms with E-state index < -0.39 is 10.0 Å². The lowest BCUT2D eigenvalue weighted by molar-refractivity contribution is -0.130. The zero-order valence-electron chi connectivity index (χ0n) is 20.6. The lowest BCUT2D eigenvalue weighted by Crippen LogP contribution is -2.40. The highest BCUT2D eigenvalue weighted by molar-refractivity contribution is 7.89. The summed E-state index contributed by atoms with van der Waals surface area (Å²) in [6.45, 7) is 3.52. The van der Waals surface area contributed by atoms with Gasteiger partial charge in [-0.15, -0.1) is 0 Å². The maximum atomic E-state index is 13.0. The average molecular weight is 515 g/mol. The summed E-state index contributed by atoms with van der Waals surface area (Å²) >= 11 is 0. The Labute approximate surface area is 210 Å². The highest BCUT2D eigenvalue weighted by Gasteiger charge is 2.27. The van der Waals surface area contributed by atoms with Gasteiger partial charge >= 0.3 is 0 Å². The summed E-state index contributed by atoms with van der Waals surface area (Å²) in [4.78, 5) is 18.9. The number of rotatable bonds is 9. The van der Waals surface area contributed by atoms with E-state index in [1.165, 1.54) is 22.4 Å². The number of carbonyl (C=O) groups is 1. The van der Waals surface area contributed by atoms with Gasteiger partial charge in [0.15, 0.2) is 0 Å². The van der Waals surface area contributed by atoms with Gasteiger partial charge in [-0.3, -0.25) is 4.79 Å². The first-order valence-corrected chi connectivity index (χ1v) is 13.1. The standard InChI is InChI=1S/C25H30N4O6S/c1-18-5-4-6-20(15-18)25-26-23(35-27-25)17-28(2)24(30)10-7-19-16-21(8-9-22(19)33-3)36(31,32)29-11-13-34-14-12-29/h4-6,8-9,15-16H,7,10-14,17H2,1-3H3. The first-order valence-electron chi connectivity index (χ1n) is 11.7. The largest absolute Gasteiger partial charge is 0.496 e. The predicted octanol–water partition coefficient (Wildman–Crippen LogP) is 2.67. The maximum absolute atomic E-state index is 13.0. The Bertz CT molecular complexity index is 1320. The zero-order chi connectivity index (χ0) is 25.7. The van der Waals surface area contributed by atoms with Gasteiger partial charge in [-0.05, 0) is 43.2 Å². The van der Waals surface area contributed by atoms with Crippen molar-refractivity contribution < 1.29 is 27.2 Å². The molecule has 1 aromatic heterocycles. The van der Waals surface area contributed by atoms with Crippen molar-refractivity contribution in [1.82, 2.24) is 19.3 Å². The second-order valence-corrected chi connectivity index (χ2v) is 10.6. The number of carbonyl (C=O) groups excluding carboxylic acids is 1. The molecule has 1 aliphatic heterocycles. The molecular formula is C25H30N4O6S. The van der Waals surface area contributed by atoms with Crippen LogP contribution in [-0.4, -0.2) is 74.1 Å². The van der Waals surface area contributed by atoms with E-state index in [4.69, 9.17) is 14.0 Å². The van der Waals surface area contributed by atoms with E-state index in [0.29, 0.717) is 55.8 Å². The topological polar surface area (TPSA) is 115 Å². The molecule has 1 amide bonds. The van der Waals surface area contributed by atoms with Crippen molar-refractivity contribution in [3.63, 3.8) is 0 Å². The SMILES string of the molecule is COc1ccc(S(=O)(=O)N2CCOCC2)cc1CCC(=O)N(C)Cc1nc(-c2cccc(C)c2)no1. The number of hydrogen-bond acceptors (Lipinski definition) is 8. The molecular weight excluding hydrogens is 484 g/mol. The smallest absolute Gasteiger partial charge is 0.246 e. The molecule has 4 rings (SSSR count). The fraction of sp³-hybridized carbons (Fsp3) is 0.400. The van der Waals surface area contributed by atoms with Crippen LogP contribution in [0.15, 0.2) is 51.9 Å². The predicted molar refractivity (Wildman–Crippen MR) is 132 cm³/mol. The third-order valence-corrected chi connectivity index (χ3v) is 7.91. The molecule has 0 unspecified atom stereocenters. The molecule has 1 aliphatic rings. The first-order chi connectivity index (χ1) is 17.3. The number of hydrogen-bond donors (Lipinski definition) is 0. The molecule has 1 saturated heterocycles. The molecule has 0 N–H and O–H groups in total. The molecule has 0 aliphatic carbocycles. The lowest BCUT2D eigenvalue weighted by Gasteiger charge is -2.26. The number of amides is 1. The van der Waals surface area contributed by atoms with E-state index in [1.54, 1.807) is 19.2 Å². The van der Waals surface area contributed by atoms with Crippen LogP contribution in [0.5, 0.6) is 5.75 Å². The van der Waals surface area contributed by atoms with Crippen molar-refractivity contribution in [1.29, 1.82) is 0 Å². The van der Waals surface area contributed by atoms with Gasteiger partial charge in [0, 0.05) is 32.1 Å². The van der Waals surface area contributed by atoms with E-state index in [1.807, 2.05) is 31.2 Å². The van der Waals surface area contributed by atoms with Crippen molar-refractivity contribution in [2.75, 3.05) is 40.5 Å². The number of morpholine rings is 1. The summed E-state index contributed by atoms with van der Waals surface area (Å²) in [5.74, 6) is 1.19. The number of benzene rings is 2. The number of aryl methyl sites for hydroxylation is 2. The Morgan fingerprint density at radius 1 is 1.17 bits per heavy atom. The molecule has 0 saturated carbocycles. The molecule has 1 fully saturated rings. The Balaban J connectivity index is 1.40. The van der Waals surface area contributed by atoms with Gasteiger partial charge in [-0.1, -0.05) is 28.9 Å². The number of methoxy groups -OCH3 is 1. The summed E-state index contributed by atoms with van der Waals surface area (Å²) in [5.41, 5.74) is 2.58. The van der Waals surface area contributed by atoms with E-state index in [0.717, 1.165) is 11.1 Å². The highest BCUT2D eigenvalue weighted by Crippen LogP contribution is 2.26. The molecule has 0 bridgehead atoms. The van der Waals surface area contributed by atoms with Crippen LogP contribution in [0.3, 0.4) is 0 Å². The second-order valence-electron chi connectivity index (χ2n) is 8.62. The average Bonchev–Trinajstić information content (AvgIpc) is 3.36. The van der Waals surface area contributed by atoms with E-state index in [2.05, 4.69) is 10.1 Å². The second kappa shape index (κ2) is 11.2. The van der Waals surface area contributed by atoms with Crippen LogP contribution in [-0.2, 0) is 32.5 Å². The van der Waals surface area contributed by atoms with Gasteiger partial charge in [0.1, 0.15) is 5.75 Å². The quantitative estimate of drug-likeness (QED) is 0.428. The van der Waals surface area contributed by atoms with Crippen LogP contribution >= 0.6 is 0 Å². The van der Waals surface area contributed by atoms with Gasteiger partial charge < -0.3 is 18.9 Å². The number of sulfonamides is 1. The van der Waals surface area contributed by atoms with Crippen molar-refractivity contribution in [2.24, 2.45) is 0 Å². The number of ether oxygens (including phenoxy) is 2. The molecule has 36 heavy (non-hydrogen) atoms. The molecule has 0 radical (unpaired) electrons.